The number of aliphatic hydroxyl groups is 1. The van der Waals surface area contributed by atoms with Gasteiger partial charge in [0.2, 0.25) is 17.2 Å². The lowest BCUT2D eigenvalue weighted by Gasteiger charge is -2.22. The first-order valence-corrected chi connectivity index (χ1v) is 13.3. The minimum Gasteiger partial charge on any atom is -0.506 e. The number of carbonyl (C=O) groups excluding carboxylic acids is 2. The van der Waals surface area contributed by atoms with E-state index in [4.69, 9.17) is 0 Å². The summed E-state index contributed by atoms with van der Waals surface area (Å²) in [5, 5.41) is 15.5. The first kappa shape index (κ1) is 23.4. The van der Waals surface area contributed by atoms with Gasteiger partial charge in [-0.05, 0) is 31.2 Å². The molecule has 5 rings (SSSR count). The third-order valence-electron chi connectivity index (χ3n) is 6.10. The number of rotatable bonds is 7. The normalized spacial score (nSPS) is 17.4. The number of thioether (sulfide) groups is 1. The van der Waals surface area contributed by atoms with Crippen LogP contribution in [0.25, 0.3) is 16.3 Å². The van der Waals surface area contributed by atoms with Crippen LogP contribution in [0.15, 0.2) is 81.4 Å². The Bertz CT molecular complexity index is 1430. The fourth-order valence-electron chi connectivity index (χ4n) is 4.27. The quantitative estimate of drug-likeness (QED) is 0.351. The van der Waals surface area contributed by atoms with Gasteiger partial charge in [-0.3, -0.25) is 9.59 Å². The molecule has 1 aliphatic heterocycles. The summed E-state index contributed by atoms with van der Waals surface area (Å²) < 4.78 is 3.17. The van der Waals surface area contributed by atoms with Gasteiger partial charge >= 0.3 is 0 Å². The number of thiazole rings is 1. The Kier molecular flexibility index (Phi) is 6.49. The molecular weight excluding hydrogens is 478 g/mol. The van der Waals surface area contributed by atoms with Gasteiger partial charge in [-0.1, -0.05) is 54.3 Å². The molecule has 6 nitrogen and oxygen atoms in total. The number of hydrogen-bond donors (Lipinski definition) is 2. The third kappa shape index (κ3) is 4.28. The summed E-state index contributed by atoms with van der Waals surface area (Å²) in [5.41, 5.74) is 2.81. The molecule has 0 spiro atoms. The number of nitrogens with one attached hydrogen (secondary N) is 1. The number of ketones is 1. The molecular formula is C27H26N3O3S2+. The predicted octanol–water partition coefficient (Wildman–Crippen LogP) is 4.97. The number of fused-ring (bicyclic) bond motifs is 2. The third-order valence-corrected chi connectivity index (χ3v) is 8.33. The molecule has 2 aliphatic rings. The molecule has 1 aromatic heterocycles. The number of carbonyl (C=O) groups is 2. The molecule has 2 aromatic carbocycles. The monoisotopic (exact) mass is 504 g/mol. The summed E-state index contributed by atoms with van der Waals surface area (Å²) in [6.45, 7) is 5.74. The summed E-state index contributed by atoms with van der Waals surface area (Å²) in [4.78, 5) is 28.1. The van der Waals surface area contributed by atoms with Crippen LogP contribution < -0.4 is 14.8 Å². The van der Waals surface area contributed by atoms with Gasteiger partial charge in [0.15, 0.2) is 6.54 Å². The van der Waals surface area contributed by atoms with Crippen molar-refractivity contribution in [3.05, 3.63) is 81.5 Å². The molecule has 0 radical (unpaired) electrons. The maximum atomic E-state index is 13.1. The number of hydrogen-bond acceptors (Lipinski definition) is 6. The van der Waals surface area contributed by atoms with Crippen molar-refractivity contribution in [2.24, 2.45) is 0 Å². The number of nitrogens with zero attached hydrogens (tertiary/aromatic N) is 2. The van der Waals surface area contributed by atoms with Crippen LogP contribution in [0.4, 0.5) is 5.69 Å². The lowest BCUT2D eigenvalue weighted by molar-refractivity contribution is -0.666. The molecule has 2 heterocycles. The number of aliphatic hydroxyl groups excluding tert-OH is 1. The minimum atomic E-state index is -0.161. The average molecular weight is 505 g/mol. The first-order valence-electron chi connectivity index (χ1n) is 11.7. The second kappa shape index (κ2) is 9.71. The van der Waals surface area contributed by atoms with Crippen molar-refractivity contribution in [1.82, 2.24) is 5.32 Å². The van der Waals surface area contributed by atoms with Crippen LogP contribution in [0.2, 0.25) is 0 Å². The van der Waals surface area contributed by atoms with Crippen LogP contribution in [0.3, 0.4) is 0 Å². The van der Waals surface area contributed by atoms with Crippen LogP contribution in [-0.4, -0.2) is 29.9 Å². The highest BCUT2D eigenvalue weighted by molar-refractivity contribution is 8.03. The van der Waals surface area contributed by atoms with E-state index in [1.165, 1.54) is 0 Å². The van der Waals surface area contributed by atoms with Crippen molar-refractivity contribution in [2.75, 3.05) is 18.0 Å². The zero-order valence-electron chi connectivity index (χ0n) is 19.6. The predicted molar refractivity (Wildman–Crippen MR) is 141 cm³/mol. The molecule has 1 amide bonds. The lowest BCUT2D eigenvalue weighted by atomic mass is 9.88. The van der Waals surface area contributed by atoms with E-state index in [1.54, 1.807) is 35.3 Å². The molecule has 0 unspecified atom stereocenters. The fraction of sp³-hybridized carbons (Fsp3) is 0.222. The van der Waals surface area contributed by atoms with E-state index < -0.39 is 0 Å². The molecule has 0 atom stereocenters. The highest BCUT2D eigenvalue weighted by Gasteiger charge is 2.36. The Morgan fingerprint density at radius 3 is 2.66 bits per heavy atom. The number of anilines is 1. The number of benzene rings is 2. The Morgan fingerprint density at radius 2 is 1.89 bits per heavy atom. The number of amides is 1. The lowest BCUT2D eigenvalue weighted by Crippen LogP contribution is -2.41. The number of para-hydroxylation sites is 2. The second-order valence-electron chi connectivity index (χ2n) is 8.21. The number of allylic oxidation sites excluding steroid dienone is 3. The van der Waals surface area contributed by atoms with E-state index in [-0.39, 0.29) is 17.4 Å². The maximum absolute atomic E-state index is 13.1. The van der Waals surface area contributed by atoms with Crippen molar-refractivity contribution in [1.29, 1.82) is 0 Å². The zero-order valence-corrected chi connectivity index (χ0v) is 21.2. The molecule has 35 heavy (non-hydrogen) atoms. The topological polar surface area (TPSA) is 73.5 Å². The maximum Gasteiger partial charge on any atom is 0.263 e. The van der Waals surface area contributed by atoms with Crippen LogP contribution in [0.1, 0.15) is 25.3 Å². The summed E-state index contributed by atoms with van der Waals surface area (Å²) in [5.74, 6) is -0.130. The Labute approximate surface area is 212 Å². The van der Waals surface area contributed by atoms with E-state index in [0.29, 0.717) is 30.7 Å². The molecule has 2 N–H and O–H groups in total. The number of Topliss-reactive ketones (excluding diaryl/α,β-unsaturated/α-hetero) is 1. The van der Waals surface area contributed by atoms with Gasteiger partial charge < -0.3 is 15.3 Å². The van der Waals surface area contributed by atoms with Crippen LogP contribution in [0.5, 0.6) is 0 Å². The van der Waals surface area contributed by atoms with Gasteiger partial charge in [0.05, 0.1) is 28.4 Å². The van der Waals surface area contributed by atoms with E-state index in [2.05, 4.69) is 33.8 Å². The fourth-order valence-corrected chi connectivity index (χ4v) is 6.57. The minimum absolute atomic E-state index is 0.00511. The summed E-state index contributed by atoms with van der Waals surface area (Å²) in [6, 6.07) is 16.1. The molecule has 0 saturated carbocycles. The van der Waals surface area contributed by atoms with Gasteiger partial charge in [0.1, 0.15) is 10.5 Å². The summed E-state index contributed by atoms with van der Waals surface area (Å²) in [6.07, 6.45) is 4.00. The van der Waals surface area contributed by atoms with Gasteiger partial charge in [-0.2, -0.15) is 4.57 Å². The second-order valence-corrected chi connectivity index (χ2v) is 10.3. The Balaban J connectivity index is 1.45. The zero-order chi connectivity index (χ0) is 24.5. The molecule has 3 aromatic rings. The molecule has 0 saturated heterocycles. The highest BCUT2D eigenvalue weighted by atomic mass is 32.2. The Hall–Kier alpha value is -3.36. The molecule has 8 heteroatoms. The van der Waals surface area contributed by atoms with Crippen LogP contribution in [-0.2, 0) is 16.1 Å². The molecule has 1 aliphatic carbocycles. The molecule has 0 bridgehead atoms. The van der Waals surface area contributed by atoms with Gasteiger partial charge in [0.25, 0.3) is 5.01 Å². The summed E-state index contributed by atoms with van der Waals surface area (Å²) >= 11 is 3.17. The smallest absolute Gasteiger partial charge is 0.263 e. The molecule has 178 valence electrons. The van der Waals surface area contributed by atoms with Crippen molar-refractivity contribution >= 4 is 56.8 Å². The van der Waals surface area contributed by atoms with Crippen LogP contribution in [0, 0.1) is 0 Å². The van der Waals surface area contributed by atoms with Gasteiger partial charge in [-0.15, -0.1) is 0 Å². The van der Waals surface area contributed by atoms with Crippen molar-refractivity contribution < 1.29 is 19.3 Å². The first-order chi connectivity index (χ1) is 17.0. The van der Waals surface area contributed by atoms with Crippen molar-refractivity contribution in [3.8, 4) is 0 Å². The molecule has 0 fully saturated rings. The van der Waals surface area contributed by atoms with Gasteiger partial charge in [-0.25, -0.2) is 0 Å². The van der Waals surface area contributed by atoms with Crippen molar-refractivity contribution in [3.63, 3.8) is 0 Å². The largest absolute Gasteiger partial charge is 0.506 e. The average Bonchev–Trinajstić information content (AvgIpc) is 3.42. The van der Waals surface area contributed by atoms with E-state index >= 15 is 0 Å². The van der Waals surface area contributed by atoms with E-state index in [9.17, 15) is 14.7 Å². The van der Waals surface area contributed by atoms with Crippen LogP contribution >= 0.6 is 23.1 Å². The Morgan fingerprint density at radius 1 is 1.11 bits per heavy atom. The summed E-state index contributed by atoms with van der Waals surface area (Å²) in [7, 11) is 0. The number of aromatic nitrogens is 1. The van der Waals surface area contributed by atoms with E-state index in [0.717, 1.165) is 37.4 Å². The SMILES string of the molecule is CCC(=O)NCC[n+]1c(/C=C2/C(=O)C(/C=C3\Sc4ccccc4N3CC)=C2O)sc2ccccc21. The highest BCUT2D eigenvalue weighted by Crippen LogP contribution is 2.47. The van der Waals surface area contributed by atoms with Gasteiger partial charge in [0, 0.05) is 30.0 Å². The standard InChI is InChI=1S/C27H25N3O3S2/c1-3-23(31)28-13-14-30-20-10-6-8-12-22(20)35-25(30)16-18-26(32)17(27(18)33)15-24-29(4-2)19-9-5-7-11-21(19)34-24/h5-12,15-16H,3-4,13-14H2,1-2H3,(H-,28,31,32,33)/p+1. The van der Waals surface area contributed by atoms with E-state index in [1.807, 2.05) is 43.3 Å². The van der Waals surface area contributed by atoms with Crippen molar-refractivity contribution in [2.45, 2.75) is 31.7 Å².